The molecule has 0 spiro atoms. The molecule has 0 fully saturated rings. The molecule has 0 aliphatic carbocycles. The van der Waals surface area contributed by atoms with Gasteiger partial charge in [-0.05, 0) is 54.3 Å². The van der Waals surface area contributed by atoms with E-state index in [4.69, 9.17) is 9.47 Å². The van der Waals surface area contributed by atoms with Crippen molar-refractivity contribution in [1.82, 2.24) is 15.5 Å². The Bertz CT molecular complexity index is 1030. The van der Waals surface area contributed by atoms with Crippen LogP contribution in [0.2, 0.25) is 0 Å². The predicted molar refractivity (Wildman–Crippen MR) is 110 cm³/mol. The Morgan fingerprint density at radius 3 is 2.72 bits per heavy atom. The molecular weight excluding hydrogens is 368 g/mol. The Morgan fingerprint density at radius 1 is 1.07 bits per heavy atom. The lowest BCUT2D eigenvalue weighted by Crippen LogP contribution is -2.24. The van der Waals surface area contributed by atoms with Crippen LogP contribution < -0.4 is 20.1 Å². The van der Waals surface area contributed by atoms with Crippen molar-refractivity contribution >= 4 is 17.4 Å². The summed E-state index contributed by atoms with van der Waals surface area (Å²) in [5.74, 6) is 1.72. The Balaban J connectivity index is 1.39. The van der Waals surface area contributed by atoms with Crippen molar-refractivity contribution < 1.29 is 14.3 Å². The average molecular weight is 390 g/mol. The highest BCUT2D eigenvalue weighted by Gasteiger charge is 2.14. The third kappa shape index (κ3) is 4.13. The van der Waals surface area contributed by atoms with Gasteiger partial charge in [0.25, 0.3) is 5.91 Å². The second-order valence-corrected chi connectivity index (χ2v) is 6.76. The quantitative estimate of drug-likeness (QED) is 0.667. The summed E-state index contributed by atoms with van der Waals surface area (Å²) in [5, 5.41) is 14.4. The average Bonchev–Trinajstić information content (AvgIpc) is 3.22. The van der Waals surface area contributed by atoms with Crippen LogP contribution in [-0.2, 0) is 13.0 Å². The van der Waals surface area contributed by atoms with Gasteiger partial charge < -0.3 is 20.1 Å². The summed E-state index contributed by atoms with van der Waals surface area (Å²) in [7, 11) is 0. The van der Waals surface area contributed by atoms with Crippen LogP contribution in [0.4, 0.5) is 11.5 Å². The second kappa shape index (κ2) is 8.18. The molecule has 148 valence electrons. The highest BCUT2D eigenvalue weighted by molar-refractivity contribution is 5.92. The molecule has 1 amide bonds. The lowest BCUT2D eigenvalue weighted by atomic mass is 10.1. The number of benzene rings is 2. The van der Waals surface area contributed by atoms with E-state index < -0.39 is 0 Å². The van der Waals surface area contributed by atoms with Crippen molar-refractivity contribution in [3.63, 3.8) is 0 Å². The first kappa shape index (κ1) is 18.7. The number of amides is 1. The highest BCUT2D eigenvalue weighted by atomic mass is 16.7. The van der Waals surface area contributed by atoms with Crippen LogP contribution in [0, 0.1) is 6.92 Å². The normalized spacial score (nSPS) is 11.9. The standard InChI is InChI=1S/C22H22N4O3/c1-3-16-6-4-5-14(2)21(16)24-20-10-8-17(25-26-20)22(27)23-12-15-7-9-18-19(11-15)29-13-28-18/h4-11H,3,12-13H2,1-2H3,(H,23,27)(H,24,26). The number of fused-ring (bicyclic) bond motifs is 1. The third-order valence-corrected chi connectivity index (χ3v) is 4.78. The zero-order valence-electron chi connectivity index (χ0n) is 16.4. The van der Waals surface area contributed by atoms with E-state index in [0.29, 0.717) is 23.9 Å². The maximum absolute atomic E-state index is 12.4. The number of rotatable bonds is 6. The van der Waals surface area contributed by atoms with Gasteiger partial charge in [0.15, 0.2) is 23.0 Å². The summed E-state index contributed by atoms with van der Waals surface area (Å²) in [6.07, 6.45) is 0.914. The summed E-state index contributed by atoms with van der Waals surface area (Å²) < 4.78 is 10.6. The summed E-state index contributed by atoms with van der Waals surface area (Å²) >= 11 is 0. The first-order valence-corrected chi connectivity index (χ1v) is 9.50. The molecule has 1 aliphatic heterocycles. The molecule has 3 aromatic rings. The van der Waals surface area contributed by atoms with Crippen molar-refractivity contribution in [1.29, 1.82) is 0 Å². The molecule has 2 aromatic carbocycles. The van der Waals surface area contributed by atoms with Gasteiger partial charge in [0.1, 0.15) is 0 Å². The third-order valence-electron chi connectivity index (χ3n) is 4.78. The Kier molecular flexibility index (Phi) is 5.29. The molecule has 4 rings (SSSR count). The van der Waals surface area contributed by atoms with Gasteiger partial charge in [-0.2, -0.15) is 0 Å². The van der Waals surface area contributed by atoms with Crippen molar-refractivity contribution in [2.24, 2.45) is 0 Å². The zero-order valence-corrected chi connectivity index (χ0v) is 16.4. The topological polar surface area (TPSA) is 85.4 Å². The maximum Gasteiger partial charge on any atom is 0.272 e. The first-order chi connectivity index (χ1) is 14.1. The van der Waals surface area contributed by atoms with Gasteiger partial charge in [0.2, 0.25) is 6.79 Å². The van der Waals surface area contributed by atoms with Crippen molar-refractivity contribution in [3.8, 4) is 11.5 Å². The number of carbonyl (C=O) groups is 1. The molecule has 2 heterocycles. The number of aromatic nitrogens is 2. The van der Waals surface area contributed by atoms with Gasteiger partial charge in [-0.25, -0.2) is 0 Å². The van der Waals surface area contributed by atoms with Gasteiger partial charge >= 0.3 is 0 Å². The van der Waals surface area contributed by atoms with Gasteiger partial charge in [0.05, 0.1) is 0 Å². The number of nitrogens with zero attached hydrogens (tertiary/aromatic N) is 2. The Labute approximate surface area is 169 Å². The van der Waals surface area contributed by atoms with Crippen molar-refractivity contribution in [3.05, 3.63) is 70.9 Å². The Hall–Kier alpha value is -3.61. The largest absolute Gasteiger partial charge is 0.454 e. The molecule has 1 aliphatic rings. The second-order valence-electron chi connectivity index (χ2n) is 6.76. The molecule has 7 heteroatoms. The summed E-state index contributed by atoms with van der Waals surface area (Å²) in [5.41, 5.74) is 4.55. The van der Waals surface area contributed by atoms with E-state index in [2.05, 4.69) is 33.8 Å². The minimum Gasteiger partial charge on any atom is -0.454 e. The van der Waals surface area contributed by atoms with Crippen LogP contribution in [0.5, 0.6) is 11.5 Å². The molecule has 29 heavy (non-hydrogen) atoms. The molecule has 2 N–H and O–H groups in total. The Morgan fingerprint density at radius 2 is 1.93 bits per heavy atom. The van der Waals surface area contributed by atoms with Crippen molar-refractivity contribution in [2.45, 2.75) is 26.8 Å². The van der Waals surface area contributed by atoms with Crippen LogP contribution in [0.15, 0.2) is 48.5 Å². The molecule has 0 radical (unpaired) electrons. The number of aryl methyl sites for hydroxylation is 2. The summed E-state index contributed by atoms with van der Waals surface area (Å²) in [6, 6.07) is 15.2. The zero-order chi connectivity index (χ0) is 20.2. The fourth-order valence-electron chi connectivity index (χ4n) is 3.17. The van der Waals surface area contributed by atoms with E-state index >= 15 is 0 Å². The summed E-state index contributed by atoms with van der Waals surface area (Å²) in [6.45, 7) is 4.75. The van der Waals surface area contributed by atoms with Crippen LogP contribution in [0.25, 0.3) is 0 Å². The van der Waals surface area contributed by atoms with Crippen molar-refractivity contribution in [2.75, 3.05) is 12.1 Å². The SMILES string of the molecule is CCc1cccc(C)c1Nc1ccc(C(=O)NCc2ccc3c(c2)OCO3)nn1. The molecular formula is C22H22N4O3. The van der Waals surface area contributed by atoms with Gasteiger partial charge in [0, 0.05) is 12.2 Å². The molecule has 0 atom stereocenters. The fourth-order valence-corrected chi connectivity index (χ4v) is 3.17. The first-order valence-electron chi connectivity index (χ1n) is 9.50. The van der Waals surface area contributed by atoms with Crippen LogP contribution in [0.3, 0.4) is 0 Å². The molecule has 0 unspecified atom stereocenters. The smallest absolute Gasteiger partial charge is 0.272 e. The molecule has 0 saturated heterocycles. The lowest BCUT2D eigenvalue weighted by Gasteiger charge is -2.13. The van der Waals surface area contributed by atoms with Crippen LogP contribution in [0.1, 0.15) is 34.1 Å². The number of nitrogens with one attached hydrogen (secondary N) is 2. The van der Waals surface area contributed by atoms with E-state index in [-0.39, 0.29) is 18.4 Å². The van der Waals surface area contributed by atoms with E-state index in [1.807, 2.05) is 37.3 Å². The number of ether oxygens (including phenoxy) is 2. The monoisotopic (exact) mass is 390 g/mol. The van der Waals surface area contributed by atoms with E-state index in [0.717, 1.165) is 23.2 Å². The predicted octanol–water partition coefficient (Wildman–Crippen LogP) is 3.75. The molecule has 0 saturated carbocycles. The number of hydrogen-bond acceptors (Lipinski definition) is 6. The minimum absolute atomic E-state index is 0.226. The van der Waals surface area contributed by atoms with E-state index in [1.165, 1.54) is 5.56 Å². The van der Waals surface area contributed by atoms with Crippen LogP contribution in [-0.4, -0.2) is 22.9 Å². The maximum atomic E-state index is 12.4. The van der Waals surface area contributed by atoms with Gasteiger partial charge in [-0.1, -0.05) is 31.2 Å². The summed E-state index contributed by atoms with van der Waals surface area (Å²) in [4.78, 5) is 12.4. The lowest BCUT2D eigenvalue weighted by molar-refractivity contribution is 0.0945. The number of hydrogen-bond donors (Lipinski definition) is 2. The van der Waals surface area contributed by atoms with Gasteiger partial charge in [-0.3, -0.25) is 4.79 Å². The van der Waals surface area contributed by atoms with Gasteiger partial charge in [-0.15, -0.1) is 10.2 Å². The molecule has 1 aromatic heterocycles. The fraction of sp³-hybridized carbons (Fsp3) is 0.227. The minimum atomic E-state index is -0.285. The van der Waals surface area contributed by atoms with E-state index in [1.54, 1.807) is 12.1 Å². The molecule has 7 nitrogen and oxygen atoms in total. The molecule has 0 bridgehead atoms. The highest BCUT2D eigenvalue weighted by Crippen LogP contribution is 2.32. The number of carbonyl (C=O) groups excluding carboxylic acids is 1. The van der Waals surface area contributed by atoms with E-state index in [9.17, 15) is 4.79 Å². The number of para-hydroxylation sites is 1. The van der Waals surface area contributed by atoms with Crippen LogP contribution >= 0.6 is 0 Å². The number of anilines is 2.